The van der Waals surface area contributed by atoms with Crippen molar-refractivity contribution in [2.24, 2.45) is 5.92 Å². The maximum atomic E-state index is 13.2. The molecular formula is C27H34ClN5O4. The van der Waals surface area contributed by atoms with Crippen molar-refractivity contribution in [3.63, 3.8) is 0 Å². The molecule has 1 amide bonds. The first-order valence-electron chi connectivity index (χ1n) is 12.8. The highest BCUT2D eigenvalue weighted by Gasteiger charge is 2.33. The van der Waals surface area contributed by atoms with Crippen LogP contribution in [-0.4, -0.2) is 52.1 Å². The topological polar surface area (TPSA) is 97.9 Å². The number of esters is 1. The van der Waals surface area contributed by atoms with Gasteiger partial charge in [0.1, 0.15) is 11.9 Å². The molecule has 1 unspecified atom stereocenters. The van der Waals surface area contributed by atoms with E-state index in [1.165, 1.54) is 7.11 Å². The summed E-state index contributed by atoms with van der Waals surface area (Å²) >= 11 is 6.05. The third-order valence-electron chi connectivity index (χ3n) is 6.86. The summed E-state index contributed by atoms with van der Waals surface area (Å²) in [5.74, 6) is 0.276. The molecule has 2 atom stereocenters. The van der Waals surface area contributed by atoms with E-state index in [4.69, 9.17) is 21.3 Å². The van der Waals surface area contributed by atoms with Gasteiger partial charge in [0.25, 0.3) is 5.56 Å². The highest BCUT2D eigenvalue weighted by Crippen LogP contribution is 2.28. The number of aromatic nitrogens is 3. The SMILES string of the molecule is CCCCCn1c(N2CCC[C@H]2C(=O)NCC(C)C(=O)OC)cc(=O)n2cc(-c3ccc(Cl)cc3)nc12. The molecule has 1 aliphatic rings. The number of rotatable bonds is 10. The molecular weight excluding hydrogens is 494 g/mol. The molecule has 198 valence electrons. The van der Waals surface area contributed by atoms with Crippen LogP contribution < -0.4 is 15.8 Å². The van der Waals surface area contributed by atoms with Crippen LogP contribution in [0.2, 0.25) is 5.02 Å². The van der Waals surface area contributed by atoms with E-state index < -0.39 is 12.0 Å². The second-order valence-corrected chi connectivity index (χ2v) is 9.96. The maximum Gasteiger partial charge on any atom is 0.310 e. The van der Waals surface area contributed by atoms with Crippen molar-refractivity contribution in [2.45, 2.75) is 58.5 Å². The molecule has 9 nitrogen and oxygen atoms in total. The van der Waals surface area contributed by atoms with E-state index in [-0.39, 0.29) is 24.0 Å². The second kappa shape index (κ2) is 11.8. The average Bonchev–Trinajstić information content (AvgIpc) is 3.56. The Bertz CT molecular complexity index is 1320. The highest BCUT2D eigenvalue weighted by molar-refractivity contribution is 6.30. The monoisotopic (exact) mass is 527 g/mol. The van der Waals surface area contributed by atoms with Crippen molar-refractivity contribution in [1.29, 1.82) is 0 Å². The second-order valence-electron chi connectivity index (χ2n) is 9.52. The summed E-state index contributed by atoms with van der Waals surface area (Å²) in [6.45, 7) is 5.39. The Morgan fingerprint density at radius 3 is 2.70 bits per heavy atom. The highest BCUT2D eigenvalue weighted by atomic mass is 35.5. The molecule has 1 N–H and O–H groups in total. The molecule has 0 saturated carbocycles. The van der Waals surface area contributed by atoms with Gasteiger partial charge in [0.05, 0.1) is 18.7 Å². The van der Waals surface area contributed by atoms with Crippen LogP contribution >= 0.6 is 11.6 Å². The minimum atomic E-state index is -0.441. The van der Waals surface area contributed by atoms with Gasteiger partial charge >= 0.3 is 5.97 Å². The van der Waals surface area contributed by atoms with Gasteiger partial charge in [-0.2, -0.15) is 0 Å². The van der Waals surface area contributed by atoms with Gasteiger partial charge in [-0.1, -0.05) is 50.4 Å². The number of amides is 1. The van der Waals surface area contributed by atoms with Crippen molar-refractivity contribution < 1.29 is 14.3 Å². The number of nitrogens with zero attached hydrogens (tertiary/aromatic N) is 4. The largest absolute Gasteiger partial charge is 0.469 e. The van der Waals surface area contributed by atoms with Crippen molar-refractivity contribution in [1.82, 2.24) is 19.3 Å². The number of benzene rings is 1. The molecule has 3 aromatic rings. The Kier molecular flexibility index (Phi) is 8.53. The van der Waals surface area contributed by atoms with E-state index in [0.717, 1.165) is 31.2 Å². The number of nitrogens with one attached hydrogen (secondary N) is 1. The number of carbonyl (C=O) groups is 2. The predicted molar refractivity (Wildman–Crippen MR) is 144 cm³/mol. The third kappa shape index (κ3) is 5.82. The fourth-order valence-corrected chi connectivity index (χ4v) is 4.91. The summed E-state index contributed by atoms with van der Waals surface area (Å²) < 4.78 is 8.39. The fraction of sp³-hybridized carbons (Fsp3) is 0.481. The van der Waals surface area contributed by atoms with E-state index in [0.29, 0.717) is 41.8 Å². The molecule has 1 aromatic carbocycles. The summed E-state index contributed by atoms with van der Waals surface area (Å²) in [4.78, 5) is 45.0. The van der Waals surface area contributed by atoms with Gasteiger partial charge in [-0.25, -0.2) is 4.98 Å². The van der Waals surface area contributed by atoms with Gasteiger partial charge in [0.2, 0.25) is 11.7 Å². The van der Waals surface area contributed by atoms with Crippen LogP contribution in [0.3, 0.4) is 0 Å². The quantitative estimate of drug-likeness (QED) is 0.317. The number of carbonyl (C=O) groups excluding carboxylic acids is 2. The summed E-state index contributed by atoms with van der Waals surface area (Å²) in [6.07, 6.45) is 6.26. The van der Waals surface area contributed by atoms with E-state index in [2.05, 4.69) is 16.8 Å². The number of unbranched alkanes of at least 4 members (excludes halogenated alkanes) is 2. The van der Waals surface area contributed by atoms with Gasteiger partial charge < -0.3 is 15.0 Å². The molecule has 0 bridgehead atoms. The number of hydrogen-bond acceptors (Lipinski definition) is 6. The van der Waals surface area contributed by atoms with Crippen LogP contribution in [0.1, 0.15) is 46.0 Å². The van der Waals surface area contributed by atoms with Crippen molar-refractivity contribution >= 4 is 35.1 Å². The Labute approximate surface area is 221 Å². The van der Waals surface area contributed by atoms with Crippen molar-refractivity contribution in [3.05, 3.63) is 51.9 Å². The molecule has 0 aliphatic carbocycles. The predicted octanol–water partition coefficient (Wildman–Crippen LogP) is 3.90. The van der Waals surface area contributed by atoms with Crippen LogP contribution in [-0.2, 0) is 20.9 Å². The number of imidazole rings is 1. The molecule has 1 saturated heterocycles. The fourth-order valence-electron chi connectivity index (χ4n) is 4.79. The minimum absolute atomic E-state index is 0.161. The number of fused-ring (bicyclic) bond motifs is 1. The molecule has 2 aromatic heterocycles. The van der Waals surface area contributed by atoms with Gasteiger partial charge in [0, 0.05) is 42.5 Å². The van der Waals surface area contributed by atoms with Crippen LogP contribution in [0.25, 0.3) is 17.0 Å². The number of ether oxygens (including phenoxy) is 1. The van der Waals surface area contributed by atoms with E-state index in [9.17, 15) is 14.4 Å². The lowest BCUT2D eigenvalue weighted by atomic mass is 10.1. The zero-order valence-corrected chi connectivity index (χ0v) is 22.3. The summed E-state index contributed by atoms with van der Waals surface area (Å²) in [7, 11) is 1.33. The molecule has 10 heteroatoms. The summed E-state index contributed by atoms with van der Waals surface area (Å²) in [6, 6.07) is 8.53. The maximum absolute atomic E-state index is 13.2. The van der Waals surface area contributed by atoms with Gasteiger partial charge in [-0.3, -0.25) is 23.4 Å². The Balaban J connectivity index is 1.70. The number of methoxy groups -OCH3 is 1. The number of hydrogen-bond donors (Lipinski definition) is 1. The summed E-state index contributed by atoms with van der Waals surface area (Å²) in [5.41, 5.74) is 1.35. The van der Waals surface area contributed by atoms with Crippen molar-refractivity contribution in [3.8, 4) is 11.3 Å². The summed E-state index contributed by atoms with van der Waals surface area (Å²) in [5, 5.41) is 3.53. The smallest absolute Gasteiger partial charge is 0.310 e. The van der Waals surface area contributed by atoms with E-state index >= 15 is 0 Å². The lowest BCUT2D eigenvalue weighted by Crippen LogP contribution is -2.46. The van der Waals surface area contributed by atoms with E-state index in [1.54, 1.807) is 35.7 Å². The molecule has 0 spiro atoms. The van der Waals surface area contributed by atoms with Crippen LogP contribution in [0.15, 0.2) is 41.3 Å². The number of anilines is 1. The first kappa shape index (κ1) is 26.7. The van der Waals surface area contributed by atoms with Gasteiger partial charge in [-0.15, -0.1) is 0 Å². The standard InChI is InChI=1S/C27H34ClN5O4/c1-4-5-6-13-32-23(31-14-7-8-22(31)25(35)29-16-18(2)26(36)37-3)15-24(34)33-17-21(30-27(32)33)19-9-11-20(28)12-10-19/h9-12,15,17-18,22H,4-8,13-14,16H2,1-3H3,(H,29,35)/t18?,22-/m0/s1. The average molecular weight is 528 g/mol. The van der Waals surface area contributed by atoms with Crippen LogP contribution in [0, 0.1) is 5.92 Å². The van der Waals surface area contributed by atoms with Gasteiger partial charge in [-0.05, 0) is 31.4 Å². The first-order valence-corrected chi connectivity index (χ1v) is 13.2. The Morgan fingerprint density at radius 1 is 1.24 bits per heavy atom. The van der Waals surface area contributed by atoms with Crippen LogP contribution in [0.5, 0.6) is 0 Å². The normalized spacial score (nSPS) is 16.2. The molecule has 37 heavy (non-hydrogen) atoms. The molecule has 3 heterocycles. The molecule has 1 fully saturated rings. The number of halogens is 1. The molecule has 0 radical (unpaired) electrons. The third-order valence-corrected chi connectivity index (χ3v) is 7.11. The lowest BCUT2D eigenvalue weighted by molar-refractivity contribution is -0.144. The lowest BCUT2D eigenvalue weighted by Gasteiger charge is -2.29. The Hall–Kier alpha value is -3.33. The minimum Gasteiger partial charge on any atom is -0.469 e. The molecule has 4 rings (SSSR count). The molecule has 1 aliphatic heterocycles. The first-order chi connectivity index (χ1) is 17.8. The van der Waals surface area contributed by atoms with Crippen molar-refractivity contribution in [2.75, 3.05) is 25.1 Å². The zero-order valence-electron chi connectivity index (χ0n) is 21.6. The van der Waals surface area contributed by atoms with E-state index in [1.807, 2.05) is 17.0 Å². The zero-order chi connectivity index (χ0) is 26.5. The Morgan fingerprint density at radius 2 is 2.00 bits per heavy atom. The van der Waals surface area contributed by atoms with Crippen LogP contribution in [0.4, 0.5) is 5.82 Å². The number of aryl methyl sites for hydroxylation is 1. The van der Waals surface area contributed by atoms with Gasteiger partial charge in [0.15, 0.2) is 0 Å².